The second-order valence-corrected chi connectivity index (χ2v) is 14.4. The predicted octanol–water partition coefficient (Wildman–Crippen LogP) is 14.7. The molecule has 8 aromatic carbocycles. The van der Waals surface area contributed by atoms with E-state index in [1.54, 1.807) is 0 Å². The lowest BCUT2D eigenvalue weighted by Gasteiger charge is -2.26. The molecule has 0 radical (unpaired) electrons. The predicted molar refractivity (Wildman–Crippen MR) is 241 cm³/mol. The van der Waals surface area contributed by atoms with Crippen molar-refractivity contribution in [2.75, 3.05) is 9.80 Å². The molecule has 3 aromatic heterocycles. The highest BCUT2D eigenvalue weighted by Gasteiger charge is 2.20. The van der Waals surface area contributed by atoms with Crippen molar-refractivity contribution in [1.82, 2.24) is 9.55 Å². The maximum Gasteiger partial charge on any atom is 0.227 e. The van der Waals surface area contributed by atoms with Crippen molar-refractivity contribution in [3.63, 3.8) is 0 Å². The normalized spacial score (nSPS) is 11.4. The average Bonchev–Trinajstić information content (AvgIpc) is 3.83. The fourth-order valence-electron chi connectivity index (χ4n) is 8.31. The molecular formula is C53H36N4O. The summed E-state index contributed by atoms with van der Waals surface area (Å²) in [5, 5.41) is 4.42. The van der Waals surface area contributed by atoms with Gasteiger partial charge in [0.1, 0.15) is 5.58 Å². The van der Waals surface area contributed by atoms with Crippen LogP contribution in [0.1, 0.15) is 0 Å². The van der Waals surface area contributed by atoms with E-state index in [1.165, 1.54) is 0 Å². The van der Waals surface area contributed by atoms with E-state index in [9.17, 15) is 0 Å². The number of benzene rings is 8. The van der Waals surface area contributed by atoms with Crippen LogP contribution < -0.4 is 9.80 Å². The van der Waals surface area contributed by atoms with Gasteiger partial charge in [-0.25, -0.2) is 4.98 Å². The SMILES string of the molecule is c1ccc(N(c2ccccc2)c2ccc3c(c2)c2cc(N(c4ccccc4)c4ccccc4)ccc2n3-c2ccc(-c3ccc4c(n3)oc3ccccc34)cc2)cc1. The summed E-state index contributed by atoms with van der Waals surface area (Å²) in [5.41, 5.74) is 13.3. The number of aromatic nitrogens is 2. The monoisotopic (exact) mass is 744 g/mol. The first-order chi connectivity index (χ1) is 28.8. The van der Waals surface area contributed by atoms with Crippen molar-refractivity contribution in [2.45, 2.75) is 0 Å². The maximum absolute atomic E-state index is 6.14. The minimum atomic E-state index is 0.650. The van der Waals surface area contributed by atoms with Crippen molar-refractivity contribution < 1.29 is 4.42 Å². The lowest BCUT2D eigenvalue weighted by Crippen LogP contribution is -2.09. The molecule has 0 aliphatic heterocycles. The van der Waals surface area contributed by atoms with Crippen molar-refractivity contribution >= 4 is 78.0 Å². The zero-order valence-corrected chi connectivity index (χ0v) is 31.5. The molecule has 0 saturated heterocycles. The Labute approximate surface area is 335 Å². The van der Waals surface area contributed by atoms with Crippen LogP contribution in [0.3, 0.4) is 0 Å². The van der Waals surface area contributed by atoms with Crippen LogP contribution in [-0.4, -0.2) is 9.55 Å². The van der Waals surface area contributed by atoms with Gasteiger partial charge in [0.2, 0.25) is 5.71 Å². The van der Waals surface area contributed by atoms with Gasteiger partial charge in [-0.2, -0.15) is 0 Å². The van der Waals surface area contributed by atoms with Crippen molar-refractivity contribution in [1.29, 1.82) is 0 Å². The molecule has 0 saturated carbocycles. The van der Waals surface area contributed by atoms with E-state index in [4.69, 9.17) is 9.40 Å². The van der Waals surface area contributed by atoms with E-state index in [1.807, 2.05) is 18.2 Å². The number of para-hydroxylation sites is 5. The molecule has 0 atom stereocenters. The summed E-state index contributed by atoms with van der Waals surface area (Å²) in [6, 6.07) is 77.0. The lowest BCUT2D eigenvalue weighted by atomic mass is 10.1. The zero-order valence-electron chi connectivity index (χ0n) is 31.5. The van der Waals surface area contributed by atoms with Gasteiger partial charge in [-0.15, -0.1) is 0 Å². The molecular weight excluding hydrogens is 709 g/mol. The first kappa shape index (κ1) is 33.4. The second kappa shape index (κ2) is 14.0. The molecule has 0 aliphatic carbocycles. The summed E-state index contributed by atoms with van der Waals surface area (Å²) >= 11 is 0. The summed E-state index contributed by atoms with van der Waals surface area (Å²) in [7, 11) is 0. The Morgan fingerprint density at radius 3 is 1.33 bits per heavy atom. The van der Waals surface area contributed by atoms with E-state index in [-0.39, 0.29) is 0 Å². The van der Waals surface area contributed by atoms with Gasteiger partial charge >= 0.3 is 0 Å². The van der Waals surface area contributed by atoms with Gasteiger partial charge < -0.3 is 18.8 Å². The number of pyridine rings is 1. The number of hydrogen-bond donors (Lipinski definition) is 0. The molecule has 11 rings (SSSR count). The number of furan rings is 1. The Morgan fingerprint density at radius 2 is 0.828 bits per heavy atom. The standard InChI is InChI=1S/C53H36N4O/c1-5-15-38(16-6-1)55(39-17-7-2-8-18-39)43-29-33-50-47(35-43)48-36-44(56(40-19-9-3-10-20-40)41-21-11-4-12-22-41)30-34-51(48)57(50)42-27-25-37(26-28-42)49-32-31-46-45-23-13-14-24-52(45)58-53(46)54-49/h1-36H. The Kier molecular flexibility index (Phi) is 8.07. The van der Waals surface area contributed by atoms with Crippen LogP contribution in [0.2, 0.25) is 0 Å². The van der Waals surface area contributed by atoms with Crippen LogP contribution in [-0.2, 0) is 0 Å². The minimum absolute atomic E-state index is 0.650. The molecule has 5 heteroatoms. The fourth-order valence-corrected chi connectivity index (χ4v) is 8.31. The summed E-state index contributed by atoms with van der Waals surface area (Å²) in [6.07, 6.45) is 0. The van der Waals surface area contributed by atoms with Crippen LogP contribution in [0.25, 0.3) is 60.8 Å². The number of rotatable bonds is 8. The highest BCUT2D eigenvalue weighted by molar-refractivity contribution is 6.12. The number of fused-ring (bicyclic) bond motifs is 6. The summed E-state index contributed by atoms with van der Waals surface area (Å²) < 4.78 is 8.51. The summed E-state index contributed by atoms with van der Waals surface area (Å²) in [6.45, 7) is 0. The van der Waals surface area contributed by atoms with Crippen LogP contribution in [0.15, 0.2) is 223 Å². The van der Waals surface area contributed by atoms with Gasteiger partial charge in [0, 0.05) is 66.9 Å². The van der Waals surface area contributed by atoms with Gasteiger partial charge in [-0.05, 0) is 115 Å². The third-order valence-corrected chi connectivity index (χ3v) is 11.0. The van der Waals surface area contributed by atoms with Gasteiger partial charge in [0.05, 0.1) is 16.7 Å². The Morgan fingerprint density at radius 1 is 0.362 bits per heavy atom. The van der Waals surface area contributed by atoms with Crippen LogP contribution >= 0.6 is 0 Å². The van der Waals surface area contributed by atoms with Gasteiger partial charge in [-0.1, -0.05) is 103 Å². The first-order valence-electron chi connectivity index (χ1n) is 19.5. The molecule has 0 amide bonds. The highest BCUT2D eigenvalue weighted by Crippen LogP contribution is 2.43. The topological polar surface area (TPSA) is 37.4 Å². The molecule has 274 valence electrons. The van der Waals surface area contributed by atoms with E-state index < -0.39 is 0 Å². The van der Waals surface area contributed by atoms with Crippen LogP contribution in [0.4, 0.5) is 34.1 Å². The molecule has 58 heavy (non-hydrogen) atoms. The molecule has 3 heterocycles. The second-order valence-electron chi connectivity index (χ2n) is 14.4. The van der Waals surface area contributed by atoms with Crippen molar-refractivity contribution in [2.24, 2.45) is 0 Å². The highest BCUT2D eigenvalue weighted by atomic mass is 16.3. The molecule has 0 aliphatic rings. The number of hydrogen-bond acceptors (Lipinski definition) is 4. The molecule has 0 unspecified atom stereocenters. The molecule has 0 fully saturated rings. The Balaban J connectivity index is 1.09. The van der Waals surface area contributed by atoms with Crippen LogP contribution in [0.5, 0.6) is 0 Å². The van der Waals surface area contributed by atoms with Gasteiger partial charge in [0.15, 0.2) is 0 Å². The van der Waals surface area contributed by atoms with Crippen LogP contribution in [0, 0.1) is 0 Å². The first-order valence-corrected chi connectivity index (χ1v) is 19.5. The number of nitrogens with zero attached hydrogens (tertiary/aromatic N) is 4. The van der Waals surface area contributed by atoms with E-state index in [0.29, 0.717) is 5.71 Å². The fraction of sp³-hybridized carbons (Fsp3) is 0. The molecule has 0 N–H and O–H groups in total. The summed E-state index contributed by atoms with van der Waals surface area (Å²) in [5.74, 6) is 0. The maximum atomic E-state index is 6.14. The minimum Gasteiger partial charge on any atom is -0.438 e. The molecule has 0 bridgehead atoms. The Hall–Kier alpha value is -7.89. The largest absolute Gasteiger partial charge is 0.438 e. The molecule has 11 aromatic rings. The van der Waals surface area contributed by atoms with E-state index in [2.05, 4.69) is 215 Å². The zero-order chi connectivity index (χ0) is 38.4. The molecule has 5 nitrogen and oxygen atoms in total. The summed E-state index contributed by atoms with van der Waals surface area (Å²) in [4.78, 5) is 9.60. The number of anilines is 6. The van der Waals surface area contributed by atoms with Crippen molar-refractivity contribution in [3.8, 4) is 16.9 Å². The van der Waals surface area contributed by atoms with E-state index >= 15 is 0 Å². The third-order valence-electron chi connectivity index (χ3n) is 11.0. The third kappa shape index (κ3) is 5.76. The lowest BCUT2D eigenvalue weighted by molar-refractivity contribution is 0.654. The average molecular weight is 745 g/mol. The quantitative estimate of drug-likeness (QED) is 0.155. The van der Waals surface area contributed by atoms with E-state index in [0.717, 1.165) is 89.2 Å². The van der Waals surface area contributed by atoms with Gasteiger partial charge in [-0.3, -0.25) is 0 Å². The Bertz CT molecular complexity index is 2990. The molecule has 0 spiro atoms. The van der Waals surface area contributed by atoms with Crippen molar-refractivity contribution in [3.05, 3.63) is 218 Å². The van der Waals surface area contributed by atoms with Gasteiger partial charge in [0.25, 0.3) is 0 Å². The smallest absolute Gasteiger partial charge is 0.227 e.